The predicted octanol–water partition coefficient (Wildman–Crippen LogP) is 3.90. The van der Waals surface area contributed by atoms with Crippen LogP contribution in [0.25, 0.3) is 5.69 Å². The topological polar surface area (TPSA) is 62.6 Å². The summed E-state index contributed by atoms with van der Waals surface area (Å²) in [5.74, 6) is 0.319. The fraction of sp³-hybridized carbons (Fsp3) is 0.158. The maximum atomic E-state index is 12.5. The summed E-state index contributed by atoms with van der Waals surface area (Å²) in [6.07, 6.45) is 1.63. The van der Waals surface area contributed by atoms with Gasteiger partial charge in [0.25, 0.3) is 0 Å². The Morgan fingerprint density at radius 2 is 1.81 bits per heavy atom. The van der Waals surface area contributed by atoms with Crippen LogP contribution in [0.2, 0.25) is 5.02 Å². The van der Waals surface area contributed by atoms with E-state index in [1.807, 2.05) is 30.3 Å². The van der Waals surface area contributed by atoms with Gasteiger partial charge >= 0.3 is 5.97 Å². The van der Waals surface area contributed by atoms with E-state index in [4.69, 9.17) is 25.8 Å². The number of benzene rings is 2. The molecule has 134 valence electrons. The lowest BCUT2D eigenvalue weighted by Gasteiger charge is -2.09. The normalized spacial score (nSPS) is 10.4. The van der Waals surface area contributed by atoms with Crippen molar-refractivity contribution in [3.8, 4) is 17.2 Å². The van der Waals surface area contributed by atoms with Gasteiger partial charge < -0.3 is 14.2 Å². The quantitative estimate of drug-likeness (QED) is 0.614. The summed E-state index contributed by atoms with van der Waals surface area (Å²) < 4.78 is 17.4. The zero-order valence-electron chi connectivity index (χ0n) is 14.3. The zero-order chi connectivity index (χ0) is 18.5. The fourth-order valence-electron chi connectivity index (χ4n) is 2.43. The minimum Gasteiger partial charge on any atom is -0.496 e. The summed E-state index contributed by atoms with van der Waals surface area (Å²) in [5, 5.41) is 4.81. The van der Waals surface area contributed by atoms with Crippen molar-refractivity contribution >= 4 is 17.6 Å². The van der Waals surface area contributed by atoms with Crippen molar-refractivity contribution in [2.45, 2.75) is 6.61 Å². The van der Waals surface area contributed by atoms with Crippen LogP contribution in [0.5, 0.6) is 11.5 Å². The van der Waals surface area contributed by atoms with Gasteiger partial charge in [-0.3, -0.25) is 0 Å². The second-order valence-electron chi connectivity index (χ2n) is 5.36. The van der Waals surface area contributed by atoms with E-state index in [0.717, 1.165) is 5.69 Å². The van der Waals surface area contributed by atoms with E-state index in [9.17, 15) is 4.79 Å². The maximum Gasteiger partial charge on any atom is 0.363 e. The Hall–Kier alpha value is -2.99. The van der Waals surface area contributed by atoms with Crippen LogP contribution in [-0.2, 0) is 11.3 Å². The molecule has 3 aromatic rings. The molecule has 6 nitrogen and oxygen atoms in total. The van der Waals surface area contributed by atoms with Gasteiger partial charge in [0.15, 0.2) is 5.75 Å². The number of hydrogen-bond acceptors (Lipinski definition) is 5. The van der Waals surface area contributed by atoms with Crippen LogP contribution in [0, 0.1) is 0 Å². The Morgan fingerprint density at radius 3 is 2.50 bits per heavy atom. The highest BCUT2D eigenvalue weighted by Crippen LogP contribution is 2.25. The number of esters is 1. The van der Waals surface area contributed by atoms with Crippen LogP contribution in [0.15, 0.2) is 54.7 Å². The molecule has 0 fully saturated rings. The lowest BCUT2D eigenvalue weighted by atomic mass is 10.2. The number of carbonyl (C=O) groups is 1. The van der Waals surface area contributed by atoms with E-state index in [1.165, 1.54) is 7.11 Å². The third-order valence-electron chi connectivity index (χ3n) is 3.72. The number of aromatic nitrogens is 2. The van der Waals surface area contributed by atoms with Crippen molar-refractivity contribution < 1.29 is 19.0 Å². The first-order chi connectivity index (χ1) is 12.6. The first-order valence-corrected chi connectivity index (χ1v) is 8.18. The molecule has 0 bridgehead atoms. The molecule has 0 unspecified atom stereocenters. The number of halogens is 1. The van der Waals surface area contributed by atoms with Crippen molar-refractivity contribution in [3.05, 3.63) is 71.0 Å². The van der Waals surface area contributed by atoms with Crippen LogP contribution in [0.1, 0.15) is 16.1 Å². The number of para-hydroxylation sites is 1. The molecule has 0 radical (unpaired) electrons. The number of hydrogen-bond donors (Lipinski definition) is 0. The molecule has 0 saturated heterocycles. The number of rotatable bonds is 6. The van der Waals surface area contributed by atoms with Gasteiger partial charge in [0.1, 0.15) is 12.4 Å². The molecule has 1 heterocycles. The van der Waals surface area contributed by atoms with E-state index in [-0.39, 0.29) is 12.3 Å². The highest BCUT2D eigenvalue weighted by molar-refractivity contribution is 6.30. The smallest absolute Gasteiger partial charge is 0.363 e. The minimum atomic E-state index is -0.599. The SMILES string of the molecule is COc1ccc(Cl)cc1COC(=O)c1nn(-c2ccccc2)cc1OC. The number of carbonyl (C=O) groups excluding carboxylic acids is 1. The molecule has 1 aromatic heterocycles. The van der Waals surface area contributed by atoms with Crippen LogP contribution >= 0.6 is 11.6 Å². The van der Waals surface area contributed by atoms with Crippen LogP contribution in [0.3, 0.4) is 0 Å². The van der Waals surface area contributed by atoms with Gasteiger partial charge in [-0.05, 0) is 30.3 Å². The van der Waals surface area contributed by atoms with Gasteiger partial charge in [-0.2, -0.15) is 5.10 Å². The Morgan fingerprint density at radius 1 is 1.08 bits per heavy atom. The molecule has 0 saturated carbocycles. The highest BCUT2D eigenvalue weighted by Gasteiger charge is 2.20. The number of methoxy groups -OCH3 is 2. The summed E-state index contributed by atoms with van der Waals surface area (Å²) in [6.45, 7) is 0.00389. The van der Waals surface area contributed by atoms with Crippen LogP contribution < -0.4 is 9.47 Å². The summed E-state index contributed by atoms with van der Waals surface area (Å²) in [6, 6.07) is 14.5. The number of nitrogens with zero attached hydrogens (tertiary/aromatic N) is 2. The largest absolute Gasteiger partial charge is 0.496 e. The molecule has 0 aliphatic rings. The standard InChI is InChI=1S/C19H17ClN2O4/c1-24-16-9-8-14(20)10-13(16)12-26-19(23)18-17(25-2)11-22(21-18)15-6-4-3-5-7-15/h3-11H,12H2,1-2H3. The first-order valence-electron chi connectivity index (χ1n) is 7.81. The van der Waals surface area contributed by atoms with E-state index in [2.05, 4.69) is 5.10 Å². The molecule has 26 heavy (non-hydrogen) atoms. The molecule has 0 spiro atoms. The maximum absolute atomic E-state index is 12.5. The van der Waals surface area contributed by atoms with Crippen LogP contribution in [-0.4, -0.2) is 30.0 Å². The predicted molar refractivity (Wildman–Crippen MR) is 97.2 cm³/mol. The molecule has 0 amide bonds. The van der Waals surface area contributed by atoms with Crippen molar-refractivity contribution in [2.24, 2.45) is 0 Å². The third kappa shape index (κ3) is 3.81. The lowest BCUT2D eigenvalue weighted by molar-refractivity contribution is 0.0459. The summed E-state index contributed by atoms with van der Waals surface area (Å²) in [7, 11) is 3.02. The van der Waals surface area contributed by atoms with Gasteiger partial charge in [0, 0.05) is 10.6 Å². The Labute approximate surface area is 155 Å². The van der Waals surface area contributed by atoms with Crippen molar-refractivity contribution in [1.29, 1.82) is 0 Å². The van der Waals surface area contributed by atoms with E-state index >= 15 is 0 Å². The van der Waals surface area contributed by atoms with E-state index < -0.39 is 5.97 Å². The van der Waals surface area contributed by atoms with Gasteiger partial charge in [-0.25, -0.2) is 9.48 Å². The molecule has 7 heteroatoms. The average Bonchev–Trinajstić information content (AvgIpc) is 3.11. The second kappa shape index (κ2) is 7.93. The third-order valence-corrected chi connectivity index (χ3v) is 3.95. The van der Waals surface area contributed by atoms with Gasteiger partial charge in [0.05, 0.1) is 26.1 Å². The molecule has 3 rings (SSSR count). The zero-order valence-corrected chi connectivity index (χ0v) is 15.1. The average molecular weight is 373 g/mol. The summed E-state index contributed by atoms with van der Waals surface area (Å²) >= 11 is 5.99. The molecule has 0 aliphatic heterocycles. The minimum absolute atomic E-state index is 0.00389. The molecule has 2 aromatic carbocycles. The summed E-state index contributed by atoms with van der Waals surface area (Å²) in [4.78, 5) is 12.5. The van der Waals surface area contributed by atoms with Gasteiger partial charge in [-0.1, -0.05) is 29.8 Å². The molecule has 0 aliphatic carbocycles. The Balaban J connectivity index is 1.80. The first kappa shape index (κ1) is 17.8. The molecular formula is C19H17ClN2O4. The van der Waals surface area contributed by atoms with Crippen molar-refractivity contribution in [2.75, 3.05) is 14.2 Å². The molecular weight excluding hydrogens is 356 g/mol. The second-order valence-corrected chi connectivity index (χ2v) is 5.79. The monoisotopic (exact) mass is 372 g/mol. The van der Waals surface area contributed by atoms with Crippen molar-refractivity contribution in [3.63, 3.8) is 0 Å². The van der Waals surface area contributed by atoms with Gasteiger partial charge in [-0.15, -0.1) is 0 Å². The van der Waals surface area contributed by atoms with E-state index in [0.29, 0.717) is 22.1 Å². The summed E-state index contributed by atoms with van der Waals surface area (Å²) in [5.41, 5.74) is 1.56. The fourth-order valence-corrected chi connectivity index (χ4v) is 2.63. The van der Waals surface area contributed by atoms with Crippen molar-refractivity contribution in [1.82, 2.24) is 9.78 Å². The lowest BCUT2D eigenvalue weighted by Crippen LogP contribution is -2.09. The molecule has 0 N–H and O–H groups in total. The molecule has 0 atom stereocenters. The number of ether oxygens (including phenoxy) is 3. The van der Waals surface area contributed by atoms with E-state index in [1.54, 1.807) is 36.2 Å². The Kier molecular flexibility index (Phi) is 5.43. The Bertz CT molecular complexity index is 909. The van der Waals surface area contributed by atoms with Crippen LogP contribution in [0.4, 0.5) is 0 Å². The van der Waals surface area contributed by atoms with Gasteiger partial charge in [0.2, 0.25) is 5.69 Å². The highest BCUT2D eigenvalue weighted by atomic mass is 35.5.